The lowest BCUT2D eigenvalue weighted by Crippen LogP contribution is -2.50. The predicted octanol–water partition coefficient (Wildman–Crippen LogP) is 3.40. The van der Waals surface area contributed by atoms with E-state index in [0.29, 0.717) is 43.1 Å². The Morgan fingerprint density at radius 3 is 2.16 bits per heavy atom. The molecule has 1 atom stereocenters. The number of allylic oxidation sites excluding steroid dienone is 2. The van der Waals surface area contributed by atoms with Crippen LogP contribution in [0.15, 0.2) is 71.3 Å². The molecular formula is C24H22F2N4O2. The number of rotatable bonds is 3. The molecule has 8 heteroatoms. The number of hydrogen-bond donors (Lipinski definition) is 1. The molecule has 0 aliphatic carbocycles. The fourth-order valence-corrected chi connectivity index (χ4v) is 4.14. The van der Waals surface area contributed by atoms with Crippen molar-refractivity contribution < 1.29 is 18.3 Å². The summed E-state index contributed by atoms with van der Waals surface area (Å²) in [6.07, 6.45) is 0. The second kappa shape index (κ2) is 8.71. The minimum absolute atomic E-state index is 0.0583. The first kappa shape index (κ1) is 21.4. The molecule has 2 heterocycles. The van der Waals surface area contributed by atoms with E-state index in [0.717, 1.165) is 5.69 Å². The van der Waals surface area contributed by atoms with Gasteiger partial charge in [0.1, 0.15) is 29.0 Å². The molecular weight excluding hydrogens is 414 g/mol. The van der Waals surface area contributed by atoms with Crippen molar-refractivity contribution in [2.24, 2.45) is 5.73 Å². The number of anilines is 1. The van der Waals surface area contributed by atoms with E-state index in [1.807, 2.05) is 0 Å². The maximum absolute atomic E-state index is 13.5. The lowest BCUT2D eigenvalue weighted by Gasteiger charge is -2.38. The Labute approximate surface area is 184 Å². The van der Waals surface area contributed by atoms with Crippen molar-refractivity contribution in [2.45, 2.75) is 12.8 Å². The molecule has 0 aromatic heterocycles. The van der Waals surface area contributed by atoms with Crippen molar-refractivity contribution in [3.63, 3.8) is 0 Å². The van der Waals surface area contributed by atoms with Crippen LogP contribution in [-0.2, 0) is 9.53 Å². The molecule has 164 valence electrons. The number of benzene rings is 2. The number of piperazine rings is 1. The van der Waals surface area contributed by atoms with Gasteiger partial charge < -0.3 is 20.3 Å². The van der Waals surface area contributed by atoms with Gasteiger partial charge in [0.25, 0.3) is 5.91 Å². The van der Waals surface area contributed by atoms with Crippen LogP contribution in [0.1, 0.15) is 18.4 Å². The molecule has 1 saturated heterocycles. The number of carbonyl (C=O) groups is 1. The molecule has 4 rings (SSSR count). The molecule has 32 heavy (non-hydrogen) atoms. The molecule has 0 radical (unpaired) electrons. The monoisotopic (exact) mass is 436 g/mol. The summed E-state index contributed by atoms with van der Waals surface area (Å²) in [4.78, 5) is 17.3. The van der Waals surface area contributed by atoms with Crippen LogP contribution < -0.4 is 10.6 Å². The summed E-state index contributed by atoms with van der Waals surface area (Å²) in [5.74, 6) is -1.44. The highest BCUT2D eigenvalue weighted by Crippen LogP contribution is 2.40. The van der Waals surface area contributed by atoms with Crippen LogP contribution in [0, 0.1) is 23.0 Å². The van der Waals surface area contributed by atoms with Gasteiger partial charge >= 0.3 is 0 Å². The van der Waals surface area contributed by atoms with Gasteiger partial charge in [-0.05, 0) is 48.9 Å². The van der Waals surface area contributed by atoms with Crippen LogP contribution in [0.25, 0.3) is 0 Å². The summed E-state index contributed by atoms with van der Waals surface area (Å²) < 4.78 is 32.2. The Morgan fingerprint density at radius 1 is 1.03 bits per heavy atom. The van der Waals surface area contributed by atoms with E-state index in [2.05, 4.69) is 11.0 Å². The number of hydrogen-bond acceptors (Lipinski definition) is 5. The molecule has 0 unspecified atom stereocenters. The lowest BCUT2D eigenvalue weighted by atomic mass is 9.82. The summed E-state index contributed by atoms with van der Waals surface area (Å²) in [5.41, 5.74) is 7.85. The molecule has 0 spiro atoms. The summed E-state index contributed by atoms with van der Waals surface area (Å²) in [7, 11) is 0. The van der Waals surface area contributed by atoms with E-state index in [1.165, 1.54) is 24.3 Å². The van der Waals surface area contributed by atoms with Crippen molar-refractivity contribution >= 4 is 11.6 Å². The Kier molecular flexibility index (Phi) is 5.82. The third-order valence-electron chi connectivity index (χ3n) is 5.80. The van der Waals surface area contributed by atoms with E-state index in [1.54, 1.807) is 36.1 Å². The topological polar surface area (TPSA) is 82.6 Å². The number of ether oxygens (including phenoxy) is 1. The first-order valence-electron chi connectivity index (χ1n) is 10.2. The molecule has 0 saturated carbocycles. The second-order valence-electron chi connectivity index (χ2n) is 7.70. The average molecular weight is 436 g/mol. The molecule has 0 bridgehead atoms. The maximum atomic E-state index is 13.5. The standard InChI is InChI=1S/C24H22F2N4O2/c1-15-21(22(20(14-27)23(28)32-15)16-2-4-17(25)5-3-16)24(31)30-12-10-29(11-13-30)19-8-6-18(26)7-9-19/h2-9,22H,10-13,28H2,1H3/t22-/m1/s1. The van der Waals surface area contributed by atoms with Crippen LogP contribution in [0.5, 0.6) is 0 Å². The van der Waals surface area contributed by atoms with Crippen molar-refractivity contribution in [1.29, 1.82) is 5.26 Å². The van der Waals surface area contributed by atoms with E-state index in [9.17, 15) is 18.8 Å². The zero-order chi connectivity index (χ0) is 22.8. The van der Waals surface area contributed by atoms with Gasteiger partial charge in [-0.25, -0.2) is 8.78 Å². The number of amides is 1. The Hall–Kier alpha value is -3.86. The van der Waals surface area contributed by atoms with Crippen LogP contribution in [-0.4, -0.2) is 37.0 Å². The molecule has 2 aliphatic heterocycles. The zero-order valence-electron chi connectivity index (χ0n) is 17.5. The molecule has 6 nitrogen and oxygen atoms in total. The smallest absolute Gasteiger partial charge is 0.254 e. The summed E-state index contributed by atoms with van der Waals surface area (Å²) >= 11 is 0. The fraction of sp³-hybridized carbons (Fsp3) is 0.250. The number of halogens is 2. The third-order valence-corrected chi connectivity index (χ3v) is 5.80. The van der Waals surface area contributed by atoms with Crippen LogP contribution in [0.3, 0.4) is 0 Å². The number of nitriles is 1. The largest absolute Gasteiger partial charge is 0.445 e. The molecule has 1 amide bonds. The SMILES string of the molecule is CC1=C(C(=O)N2CCN(c3ccc(F)cc3)CC2)[C@H](c2ccc(F)cc2)C(C#N)=C(N)O1. The van der Waals surface area contributed by atoms with E-state index in [-0.39, 0.29) is 23.2 Å². The number of carbonyl (C=O) groups excluding carboxylic acids is 1. The summed E-state index contributed by atoms with van der Waals surface area (Å²) in [5, 5.41) is 9.70. The Bertz CT molecular complexity index is 1130. The van der Waals surface area contributed by atoms with Crippen molar-refractivity contribution in [3.05, 3.63) is 88.5 Å². The molecule has 2 aromatic carbocycles. The minimum Gasteiger partial charge on any atom is -0.445 e. The number of nitrogens with two attached hydrogens (primary N) is 1. The van der Waals surface area contributed by atoms with E-state index < -0.39 is 11.7 Å². The summed E-state index contributed by atoms with van der Waals surface area (Å²) in [6, 6.07) is 14.0. The van der Waals surface area contributed by atoms with Gasteiger partial charge in [0.05, 0.1) is 11.5 Å². The van der Waals surface area contributed by atoms with Crippen LogP contribution >= 0.6 is 0 Å². The quantitative estimate of drug-likeness (QED) is 0.798. The molecule has 2 aliphatic rings. The first-order chi connectivity index (χ1) is 15.4. The zero-order valence-corrected chi connectivity index (χ0v) is 17.5. The third kappa shape index (κ3) is 4.02. The van der Waals surface area contributed by atoms with Gasteiger partial charge in [0, 0.05) is 31.9 Å². The van der Waals surface area contributed by atoms with Crippen LogP contribution in [0.2, 0.25) is 0 Å². The minimum atomic E-state index is -0.739. The van der Waals surface area contributed by atoms with Crippen molar-refractivity contribution in [3.8, 4) is 6.07 Å². The normalized spacial score (nSPS) is 19.0. The predicted molar refractivity (Wildman–Crippen MR) is 115 cm³/mol. The van der Waals surface area contributed by atoms with Crippen molar-refractivity contribution in [2.75, 3.05) is 31.1 Å². The second-order valence-corrected chi connectivity index (χ2v) is 7.70. The number of nitrogens with zero attached hydrogens (tertiary/aromatic N) is 3. The van der Waals surface area contributed by atoms with Gasteiger partial charge in [0.15, 0.2) is 0 Å². The van der Waals surface area contributed by atoms with E-state index >= 15 is 0 Å². The highest BCUT2D eigenvalue weighted by atomic mass is 19.1. The highest BCUT2D eigenvalue weighted by molar-refractivity contribution is 5.97. The fourth-order valence-electron chi connectivity index (χ4n) is 4.14. The Balaban J connectivity index is 1.58. The maximum Gasteiger partial charge on any atom is 0.254 e. The highest BCUT2D eigenvalue weighted by Gasteiger charge is 2.38. The average Bonchev–Trinajstić information content (AvgIpc) is 2.79. The van der Waals surface area contributed by atoms with Gasteiger partial charge in [-0.1, -0.05) is 12.1 Å². The van der Waals surface area contributed by atoms with Crippen LogP contribution in [0.4, 0.5) is 14.5 Å². The van der Waals surface area contributed by atoms with Gasteiger partial charge in [-0.15, -0.1) is 0 Å². The van der Waals surface area contributed by atoms with Crippen molar-refractivity contribution in [1.82, 2.24) is 4.90 Å². The lowest BCUT2D eigenvalue weighted by molar-refractivity contribution is -0.128. The van der Waals surface area contributed by atoms with Gasteiger partial charge in [-0.2, -0.15) is 5.26 Å². The van der Waals surface area contributed by atoms with Gasteiger partial charge in [-0.3, -0.25) is 4.79 Å². The molecule has 2 N–H and O–H groups in total. The summed E-state index contributed by atoms with van der Waals surface area (Å²) in [6.45, 7) is 3.69. The molecule has 2 aromatic rings. The van der Waals surface area contributed by atoms with Gasteiger partial charge in [0.2, 0.25) is 5.88 Å². The first-order valence-corrected chi connectivity index (χ1v) is 10.2. The molecule has 1 fully saturated rings. The Morgan fingerprint density at radius 2 is 1.59 bits per heavy atom. The van der Waals surface area contributed by atoms with E-state index in [4.69, 9.17) is 10.5 Å².